The summed E-state index contributed by atoms with van der Waals surface area (Å²) < 4.78 is 18.8. The Morgan fingerprint density at radius 3 is 2.77 bits per heavy atom. The first-order valence-electron chi connectivity index (χ1n) is 8.95. The summed E-state index contributed by atoms with van der Waals surface area (Å²) in [4.78, 5) is 18.4. The Hall–Kier alpha value is -2.69. The van der Waals surface area contributed by atoms with E-state index in [1.165, 1.54) is 6.07 Å². The van der Waals surface area contributed by atoms with Crippen LogP contribution in [-0.2, 0) is 11.3 Å². The fourth-order valence-corrected chi connectivity index (χ4v) is 3.98. The number of pyridine rings is 1. The number of nitrogens with zero attached hydrogens (tertiary/aromatic N) is 2. The predicted octanol–water partition coefficient (Wildman–Crippen LogP) is 4.49. The molecule has 2 aromatic rings. The van der Waals surface area contributed by atoms with E-state index in [0.29, 0.717) is 5.69 Å². The minimum Gasteiger partial charge on any atom is -0.445 e. The van der Waals surface area contributed by atoms with Gasteiger partial charge in [0.15, 0.2) is 0 Å². The topological polar surface area (TPSA) is 42.4 Å². The number of aromatic nitrogens is 1. The molecule has 2 unspecified atom stereocenters. The molecule has 1 saturated heterocycles. The lowest BCUT2D eigenvalue weighted by Gasteiger charge is -2.33. The zero-order valence-electron chi connectivity index (χ0n) is 14.7. The Bertz CT molecular complexity index is 850. The molecule has 0 radical (unpaired) electrons. The molecule has 2 aliphatic rings. The molecule has 26 heavy (non-hydrogen) atoms. The molecule has 2 bridgehead atoms. The van der Waals surface area contributed by atoms with Crippen LogP contribution in [0.15, 0.2) is 48.5 Å². The van der Waals surface area contributed by atoms with Crippen LogP contribution >= 0.6 is 0 Å². The summed E-state index contributed by atoms with van der Waals surface area (Å²) in [6.45, 7) is 2.11. The SMILES string of the molecule is Cc1nc(F)ccc1C1=CC2CCC(C1)N2C(=O)OCc1ccccc1. The van der Waals surface area contributed by atoms with Crippen LogP contribution in [0.2, 0.25) is 0 Å². The number of amides is 1. The highest BCUT2D eigenvalue weighted by atomic mass is 19.1. The fraction of sp³-hybridized carbons (Fsp3) is 0.333. The standard InChI is InChI=1S/C21H21FN2O2/c1-14-19(9-10-20(22)23-14)16-11-17-7-8-18(12-16)24(17)21(25)26-13-15-5-3-2-4-6-15/h2-6,9-11,17-18H,7-8,12-13H2,1H3. The van der Waals surface area contributed by atoms with E-state index < -0.39 is 5.95 Å². The molecule has 0 spiro atoms. The average Bonchev–Trinajstić information content (AvgIpc) is 2.90. The van der Waals surface area contributed by atoms with Crippen molar-refractivity contribution >= 4 is 11.7 Å². The summed E-state index contributed by atoms with van der Waals surface area (Å²) in [5.74, 6) is -0.461. The fourth-order valence-electron chi connectivity index (χ4n) is 3.98. The number of hydrogen-bond acceptors (Lipinski definition) is 3. The van der Waals surface area contributed by atoms with E-state index >= 15 is 0 Å². The van der Waals surface area contributed by atoms with Crippen LogP contribution in [0.4, 0.5) is 9.18 Å². The summed E-state index contributed by atoms with van der Waals surface area (Å²) in [7, 11) is 0. The molecule has 0 N–H and O–H groups in total. The van der Waals surface area contributed by atoms with Crippen LogP contribution < -0.4 is 0 Å². The smallest absolute Gasteiger partial charge is 0.410 e. The van der Waals surface area contributed by atoms with Gasteiger partial charge in [-0.25, -0.2) is 9.78 Å². The number of halogens is 1. The lowest BCUT2D eigenvalue weighted by atomic mass is 9.94. The highest BCUT2D eigenvalue weighted by Crippen LogP contribution is 2.39. The molecule has 2 aliphatic heterocycles. The first-order chi connectivity index (χ1) is 12.6. The molecule has 0 aliphatic carbocycles. The third kappa shape index (κ3) is 3.21. The second-order valence-electron chi connectivity index (χ2n) is 6.91. The van der Waals surface area contributed by atoms with Crippen molar-refractivity contribution in [1.82, 2.24) is 9.88 Å². The largest absolute Gasteiger partial charge is 0.445 e. The normalized spacial score (nSPS) is 21.5. The van der Waals surface area contributed by atoms with Gasteiger partial charge in [-0.1, -0.05) is 36.4 Å². The number of fused-ring (bicyclic) bond motifs is 2. The van der Waals surface area contributed by atoms with Crippen molar-refractivity contribution in [3.8, 4) is 0 Å². The van der Waals surface area contributed by atoms with Crippen molar-refractivity contribution in [2.24, 2.45) is 0 Å². The van der Waals surface area contributed by atoms with Gasteiger partial charge in [-0.05, 0) is 55.0 Å². The van der Waals surface area contributed by atoms with E-state index in [0.717, 1.165) is 36.0 Å². The average molecular weight is 352 g/mol. The Morgan fingerprint density at radius 1 is 1.23 bits per heavy atom. The van der Waals surface area contributed by atoms with Crippen molar-refractivity contribution in [1.29, 1.82) is 0 Å². The summed E-state index contributed by atoms with van der Waals surface area (Å²) in [6.07, 6.45) is 4.51. The third-order valence-electron chi connectivity index (χ3n) is 5.21. The maximum absolute atomic E-state index is 13.3. The van der Waals surface area contributed by atoms with E-state index in [1.54, 1.807) is 6.07 Å². The van der Waals surface area contributed by atoms with E-state index in [4.69, 9.17) is 4.74 Å². The van der Waals surface area contributed by atoms with E-state index in [1.807, 2.05) is 42.2 Å². The minimum atomic E-state index is -0.461. The monoisotopic (exact) mass is 352 g/mol. The van der Waals surface area contributed by atoms with Crippen LogP contribution in [0.5, 0.6) is 0 Å². The highest BCUT2D eigenvalue weighted by Gasteiger charge is 2.40. The van der Waals surface area contributed by atoms with Gasteiger partial charge in [-0.2, -0.15) is 4.39 Å². The van der Waals surface area contributed by atoms with E-state index in [2.05, 4.69) is 11.1 Å². The Balaban J connectivity index is 1.49. The molecule has 4 rings (SSSR count). The number of hydrogen-bond donors (Lipinski definition) is 0. The number of aryl methyl sites for hydroxylation is 1. The third-order valence-corrected chi connectivity index (χ3v) is 5.21. The number of rotatable bonds is 3. The highest BCUT2D eigenvalue weighted by molar-refractivity contribution is 5.75. The summed E-state index contributed by atoms with van der Waals surface area (Å²) in [5, 5.41) is 0. The lowest BCUT2D eigenvalue weighted by Crippen LogP contribution is -2.43. The van der Waals surface area contributed by atoms with Crippen molar-refractivity contribution < 1.29 is 13.9 Å². The van der Waals surface area contributed by atoms with Gasteiger partial charge in [-0.3, -0.25) is 4.90 Å². The van der Waals surface area contributed by atoms with Crippen LogP contribution in [-0.4, -0.2) is 28.1 Å². The molecular formula is C21H21FN2O2. The number of carbonyl (C=O) groups excluding carboxylic acids is 1. The number of benzene rings is 1. The van der Waals surface area contributed by atoms with Gasteiger partial charge in [0.25, 0.3) is 0 Å². The maximum Gasteiger partial charge on any atom is 0.410 e. The zero-order chi connectivity index (χ0) is 18.1. The van der Waals surface area contributed by atoms with E-state index in [9.17, 15) is 9.18 Å². The van der Waals surface area contributed by atoms with Crippen LogP contribution in [0.3, 0.4) is 0 Å². The van der Waals surface area contributed by atoms with E-state index in [-0.39, 0.29) is 24.8 Å². The molecule has 1 aromatic carbocycles. The molecule has 5 heteroatoms. The molecular weight excluding hydrogens is 331 g/mol. The molecule has 4 nitrogen and oxygen atoms in total. The van der Waals surface area contributed by atoms with Gasteiger partial charge in [0.1, 0.15) is 6.61 Å². The summed E-state index contributed by atoms with van der Waals surface area (Å²) >= 11 is 0. The Kier molecular flexibility index (Phi) is 4.45. The Morgan fingerprint density at radius 2 is 2.04 bits per heavy atom. The molecule has 1 fully saturated rings. The van der Waals surface area contributed by atoms with Gasteiger partial charge in [0, 0.05) is 11.7 Å². The molecule has 1 amide bonds. The van der Waals surface area contributed by atoms with Crippen LogP contribution in [0.1, 0.15) is 36.1 Å². The molecule has 134 valence electrons. The molecule has 3 heterocycles. The van der Waals surface area contributed by atoms with Crippen molar-refractivity contribution in [2.75, 3.05) is 0 Å². The van der Waals surface area contributed by atoms with Crippen molar-refractivity contribution in [3.05, 3.63) is 71.3 Å². The second kappa shape index (κ2) is 6.90. The van der Waals surface area contributed by atoms with Gasteiger partial charge < -0.3 is 4.74 Å². The number of carbonyl (C=O) groups is 1. The quantitative estimate of drug-likeness (QED) is 0.765. The number of ether oxygens (including phenoxy) is 1. The summed E-state index contributed by atoms with van der Waals surface area (Å²) in [6, 6.07) is 13.0. The molecule has 0 saturated carbocycles. The zero-order valence-corrected chi connectivity index (χ0v) is 14.7. The first kappa shape index (κ1) is 16.8. The predicted molar refractivity (Wildman–Crippen MR) is 96.8 cm³/mol. The van der Waals surface area contributed by atoms with Crippen molar-refractivity contribution in [2.45, 2.75) is 44.9 Å². The molecule has 1 aromatic heterocycles. The van der Waals surface area contributed by atoms with Gasteiger partial charge in [0.05, 0.1) is 6.04 Å². The second-order valence-corrected chi connectivity index (χ2v) is 6.91. The van der Waals surface area contributed by atoms with Crippen LogP contribution in [0.25, 0.3) is 5.57 Å². The van der Waals surface area contributed by atoms with Gasteiger partial charge >= 0.3 is 6.09 Å². The first-order valence-corrected chi connectivity index (χ1v) is 8.95. The van der Waals surface area contributed by atoms with Gasteiger partial charge in [-0.15, -0.1) is 0 Å². The van der Waals surface area contributed by atoms with Gasteiger partial charge in [0.2, 0.25) is 5.95 Å². The Labute approximate surface area is 152 Å². The maximum atomic E-state index is 13.3. The lowest BCUT2D eigenvalue weighted by molar-refractivity contribution is 0.0832. The minimum absolute atomic E-state index is 0.0384. The molecule has 2 atom stereocenters. The summed E-state index contributed by atoms with van der Waals surface area (Å²) in [5.41, 5.74) is 3.79. The van der Waals surface area contributed by atoms with Crippen molar-refractivity contribution in [3.63, 3.8) is 0 Å². The van der Waals surface area contributed by atoms with Crippen LogP contribution in [0, 0.1) is 12.9 Å².